The second kappa shape index (κ2) is 10.4. The quantitative estimate of drug-likeness (QED) is 0.416. The molecular formula is C24H34N6O. The number of anilines is 2. The van der Waals surface area contributed by atoms with Crippen LogP contribution in [-0.2, 0) is 4.79 Å². The van der Waals surface area contributed by atoms with E-state index in [4.69, 9.17) is 11.1 Å². The standard InChI is InChI=1S/C24H34N6O/c1-3-20(28-18(2)19(26)9-13-25)23(31)29-21-7-4-5-8-22(21)30-15-11-24(12-16-30)10-6-14-27-17-24/h3-5,7-9,13,25,27H,6,10-12,14-17,26H2,1-2H3,(H,29,31)/b19-9?,20-3-,25-13?,28-18?. The summed E-state index contributed by atoms with van der Waals surface area (Å²) in [6.45, 7) is 7.75. The third-order valence-corrected chi connectivity index (χ3v) is 6.35. The van der Waals surface area contributed by atoms with Crippen LogP contribution in [0.15, 0.2) is 52.8 Å². The number of hydrogen-bond donors (Lipinski definition) is 4. The molecule has 7 nitrogen and oxygen atoms in total. The average molecular weight is 423 g/mol. The van der Waals surface area contributed by atoms with Crippen LogP contribution in [0.3, 0.4) is 0 Å². The summed E-state index contributed by atoms with van der Waals surface area (Å²) in [5.41, 5.74) is 9.30. The number of nitrogens with one attached hydrogen (secondary N) is 3. The van der Waals surface area contributed by atoms with Crippen molar-refractivity contribution in [2.45, 2.75) is 39.5 Å². The van der Waals surface area contributed by atoms with Crippen molar-refractivity contribution < 1.29 is 4.79 Å². The number of rotatable bonds is 6. The predicted molar refractivity (Wildman–Crippen MR) is 129 cm³/mol. The van der Waals surface area contributed by atoms with Crippen molar-refractivity contribution in [3.8, 4) is 0 Å². The molecule has 0 radical (unpaired) electrons. The molecule has 2 saturated heterocycles. The third-order valence-electron chi connectivity index (χ3n) is 6.35. The third kappa shape index (κ3) is 5.61. The monoisotopic (exact) mass is 422 g/mol. The molecular weight excluding hydrogens is 388 g/mol. The van der Waals surface area contributed by atoms with E-state index < -0.39 is 0 Å². The summed E-state index contributed by atoms with van der Waals surface area (Å²) in [7, 11) is 0. The highest BCUT2D eigenvalue weighted by Crippen LogP contribution is 2.39. The lowest BCUT2D eigenvalue weighted by atomic mass is 9.73. The van der Waals surface area contributed by atoms with Gasteiger partial charge in [-0.05, 0) is 69.7 Å². The molecule has 3 rings (SSSR count). The fourth-order valence-corrected chi connectivity index (χ4v) is 4.42. The molecule has 0 aliphatic carbocycles. The Labute approximate surface area is 185 Å². The molecule has 0 aromatic heterocycles. The number of benzene rings is 1. The maximum Gasteiger partial charge on any atom is 0.273 e. The number of piperidine rings is 2. The van der Waals surface area contributed by atoms with Crippen LogP contribution in [0.5, 0.6) is 0 Å². The Hall–Kier alpha value is -2.93. The van der Waals surface area contributed by atoms with Crippen molar-refractivity contribution in [3.05, 3.63) is 47.8 Å². The van der Waals surface area contributed by atoms with E-state index in [1.165, 1.54) is 31.8 Å². The maximum absolute atomic E-state index is 12.9. The second-order valence-electron chi connectivity index (χ2n) is 8.40. The van der Waals surface area contributed by atoms with Crippen molar-refractivity contribution in [2.75, 3.05) is 36.4 Å². The van der Waals surface area contributed by atoms with Crippen LogP contribution in [0.25, 0.3) is 0 Å². The summed E-state index contributed by atoms with van der Waals surface area (Å²) in [6, 6.07) is 7.96. The summed E-state index contributed by atoms with van der Waals surface area (Å²) >= 11 is 0. The molecule has 1 spiro atoms. The number of hydrogen-bond acceptors (Lipinski definition) is 6. The topological polar surface area (TPSA) is 107 Å². The molecule has 0 bridgehead atoms. The van der Waals surface area contributed by atoms with Crippen molar-refractivity contribution in [1.82, 2.24) is 5.32 Å². The zero-order valence-corrected chi connectivity index (χ0v) is 18.6. The largest absolute Gasteiger partial charge is 0.397 e. The van der Waals surface area contributed by atoms with Crippen molar-refractivity contribution >= 4 is 29.2 Å². The molecule has 2 fully saturated rings. The SMILES string of the molecule is C/C=C(\N=C(C)C(N)=CC=N)C(=O)Nc1ccccc1N1CCC2(CCCNC2)CC1. The van der Waals surface area contributed by atoms with Gasteiger partial charge in [-0.1, -0.05) is 18.2 Å². The lowest BCUT2D eigenvalue weighted by Crippen LogP contribution is -2.48. The van der Waals surface area contributed by atoms with Crippen LogP contribution in [0, 0.1) is 10.8 Å². The molecule has 31 heavy (non-hydrogen) atoms. The molecule has 166 valence electrons. The normalized spacial score (nSPS) is 19.9. The van der Waals surface area contributed by atoms with Crippen molar-refractivity contribution in [2.24, 2.45) is 16.1 Å². The van der Waals surface area contributed by atoms with E-state index in [0.29, 0.717) is 22.5 Å². The lowest BCUT2D eigenvalue weighted by molar-refractivity contribution is -0.112. The Bertz CT molecular complexity index is 885. The van der Waals surface area contributed by atoms with Gasteiger partial charge in [-0.25, -0.2) is 4.99 Å². The van der Waals surface area contributed by atoms with Crippen LogP contribution < -0.4 is 21.3 Å². The molecule has 0 unspecified atom stereocenters. The van der Waals surface area contributed by atoms with E-state index in [2.05, 4.69) is 26.6 Å². The fraction of sp³-hybridized carbons (Fsp3) is 0.458. The van der Waals surface area contributed by atoms with Gasteiger partial charge < -0.3 is 26.7 Å². The molecule has 2 heterocycles. The van der Waals surface area contributed by atoms with Crippen LogP contribution in [-0.4, -0.2) is 44.0 Å². The van der Waals surface area contributed by atoms with Gasteiger partial charge in [-0.15, -0.1) is 0 Å². The zero-order chi connectivity index (χ0) is 22.3. The van der Waals surface area contributed by atoms with Gasteiger partial charge in [0.15, 0.2) is 0 Å². The van der Waals surface area contributed by atoms with Crippen LogP contribution in [0.1, 0.15) is 39.5 Å². The minimum absolute atomic E-state index is 0.276. The Kier molecular flexibility index (Phi) is 7.63. The number of carbonyl (C=O) groups is 1. The number of nitrogens with two attached hydrogens (primary N) is 1. The number of aliphatic imine (C=N–C) groups is 1. The predicted octanol–water partition coefficient (Wildman–Crippen LogP) is 3.45. The van der Waals surface area contributed by atoms with Gasteiger partial charge in [-0.3, -0.25) is 4.79 Å². The number of nitrogens with zero attached hydrogens (tertiary/aromatic N) is 2. The number of carbonyl (C=O) groups excluding carboxylic acids is 1. The van der Waals surface area contributed by atoms with E-state index in [0.717, 1.165) is 43.8 Å². The molecule has 2 aliphatic heterocycles. The van der Waals surface area contributed by atoms with Crippen molar-refractivity contribution in [1.29, 1.82) is 5.41 Å². The van der Waals surface area contributed by atoms with E-state index in [9.17, 15) is 4.79 Å². The van der Waals surface area contributed by atoms with Gasteiger partial charge >= 0.3 is 0 Å². The molecule has 0 saturated carbocycles. The highest BCUT2D eigenvalue weighted by Gasteiger charge is 2.36. The minimum atomic E-state index is -0.276. The Morgan fingerprint density at radius 2 is 2.03 bits per heavy atom. The van der Waals surface area contributed by atoms with E-state index in [1.807, 2.05) is 18.2 Å². The molecule has 1 amide bonds. The Morgan fingerprint density at radius 1 is 1.29 bits per heavy atom. The van der Waals surface area contributed by atoms with Crippen LogP contribution in [0.2, 0.25) is 0 Å². The van der Waals surface area contributed by atoms with Crippen molar-refractivity contribution in [3.63, 3.8) is 0 Å². The van der Waals surface area contributed by atoms with Crippen LogP contribution >= 0.6 is 0 Å². The van der Waals surface area contributed by atoms with Gasteiger partial charge in [0, 0.05) is 25.8 Å². The molecule has 0 atom stereocenters. The van der Waals surface area contributed by atoms with Crippen LogP contribution in [0.4, 0.5) is 11.4 Å². The van der Waals surface area contributed by atoms with Gasteiger partial charge in [0.1, 0.15) is 5.70 Å². The Morgan fingerprint density at radius 3 is 2.68 bits per heavy atom. The first-order valence-electron chi connectivity index (χ1n) is 11.0. The van der Waals surface area contributed by atoms with Gasteiger partial charge in [0.25, 0.3) is 5.91 Å². The van der Waals surface area contributed by atoms with Gasteiger partial charge in [-0.2, -0.15) is 0 Å². The number of para-hydroxylation sites is 2. The summed E-state index contributed by atoms with van der Waals surface area (Å²) < 4.78 is 0. The lowest BCUT2D eigenvalue weighted by Gasteiger charge is -2.45. The smallest absolute Gasteiger partial charge is 0.273 e. The first-order valence-corrected chi connectivity index (χ1v) is 11.0. The second-order valence-corrected chi connectivity index (χ2v) is 8.40. The summed E-state index contributed by atoms with van der Waals surface area (Å²) in [6.07, 6.45) is 9.13. The average Bonchev–Trinajstić information content (AvgIpc) is 2.79. The van der Waals surface area contributed by atoms with Gasteiger partial charge in [0.2, 0.25) is 0 Å². The molecule has 7 heteroatoms. The fourth-order valence-electron chi connectivity index (χ4n) is 4.42. The summed E-state index contributed by atoms with van der Waals surface area (Å²) in [5.74, 6) is -0.276. The molecule has 2 aliphatic rings. The van der Waals surface area contributed by atoms with E-state index in [1.54, 1.807) is 19.9 Å². The minimum Gasteiger partial charge on any atom is -0.397 e. The highest BCUT2D eigenvalue weighted by molar-refractivity contribution is 6.09. The zero-order valence-electron chi connectivity index (χ0n) is 18.6. The summed E-state index contributed by atoms with van der Waals surface area (Å²) in [4.78, 5) is 19.7. The highest BCUT2D eigenvalue weighted by atomic mass is 16.2. The maximum atomic E-state index is 12.9. The Balaban J connectivity index is 1.72. The summed E-state index contributed by atoms with van der Waals surface area (Å²) in [5, 5.41) is 13.7. The van der Waals surface area contributed by atoms with Gasteiger partial charge in [0.05, 0.1) is 22.8 Å². The molecule has 1 aromatic carbocycles. The first kappa shape index (κ1) is 22.7. The van der Waals surface area contributed by atoms with E-state index >= 15 is 0 Å². The molecule has 5 N–H and O–H groups in total. The first-order chi connectivity index (χ1) is 15.0. The van der Waals surface area contributed by atoms with E-state index in [-0.39, 0.29) is 5.91 Å². The number of amides is 1. The number of allylic oxidation sites excluding steroid dienone is 3. The molecule has 1 aromatic rings.